The molecule has 31 heavy (non-hydrogen) atoms. The lowest BCUT2D eigenvalue weighted by molar-refractivity contribution is 0.560. The number of hydrogen-bond acceptors (Lipinski definition) is 6. The molecule has 0 spiro atoms. The summed E-state index contributed by atoms with van der Waals surface area (Å²) in [4.78, 5) is 16.2. The molecule has 2 aliphatic rings. The van der Waals surface area contributed by atoms with Gasteiger partial charge in [0.15, 0.2) is 5.82 Å². The Morgan fingerprint density at radius 3 is 2.71 bits per heavy atom. The summed E-state index contributed by atoms with van der Waals surface area (Å²) in [6.07, 6.45) is 4.10. The van der Waals surface area contributed by atoms with Gasteiger partial charge >= 0.3 is 6.98 Å². The number of para-hydroxylation sites is 1. The predicted molar refractivity (Wildman–Crippen MR) is 125 cm³/mol. The zero-order valence-corrected chi connectivity index (χ0v) is 17.7. The second kappa shape index (κ2) is 6.64. The third kappa shape index (κ3) is 2.66. The molecule has 152 valence electrons. The fourth-order valence-electron chi connectivity index (χ4n) is 4.74. The van der Waals surface area contributed by atoms with Gasteiger partial charge in [0.25, 0.3) is 0 Å². The molecule has 4 aromatic rings. The van der Waals surface area contributed by atoms with E-state index in [1.165, 1.54) is 0 Å². The molecule has 6 rings (SSSR count). The average Bonchev–Trinajstić information content (AvgIpc) is 3.27. The molecule has 0 unspecified atom stereocenters. The first kappa shape index (κ1) is 18.1. The highest BCUT2D eigenvalue weighted by atomic mass is 16.3. The average molecular weight is 407 g/mol. The molecule has 0 aliphatic carbocycles. The van der Waals surface area contributed by atoms with Gasteiger partial charge < -0.3 is 18.9 Å². The third-order valence-corrected chi connectivity index (χ3v) is 6.18. The SMILES string of the molecule is Cc1ccc2c3c(oc2n1)=CB(N1c2cccnc2N(c2ccccc2)[C@@H]1C)N(C)C=3. The molecule has 6 nitrogen and oxygen atoms in total. The van der Waals surface area contributed by atoms with E-state index < -0.39 is 0 Å². The van der Waals surface area contributed by atoms with Crippen LogP contribution in [0.4, 0.5) is 17.2 Å². The van der Waals surface area contributed by atoms with Crippen molar-refractivity contribution in [1.29, 1.82) is 0 Å². The molecular weight excluding hydrogens is 385 g/mol. The number of pyridine rings is 2. The lowest BCUT2D eigenvalue weighted by Gasteiger charge is -2.36. The normalized spacial score (nSPS) is 17.5. The zero-order valence-electron chi connectivity index (χ0n) is 17.7. The standard InChI is InChI=1S/C24H22BN5O/c1-16-11-12-19-20-15-28(3)25(14-22(20)31-24(19)27-16)30-17(2)29(18-8-5-4-6-9-18)23-21(30)10-7-13-26-23/h4-15,17H,1-3H3/t17-/m0/s1. The van der Waals surface area contributed by atoms with E-state index in [1.807, 2.05) is 31.3 Å². The largest absolute Gasteiger partial charge is 0.439 e. The van der Waals surface area contributed by atoms with Crippen LogP contribution >= 0.6 is 0 Å². The number of aromatic nitrogens is 2. The summed E-state index contributed by atoms with van der Waals surface area (Å²) in [6.45, 7) is 4.19. The highest BCUT2D eigenvalue weighted by Crippen LogP contribution is 2.43. The van der Waals surface area contributed by atoms with Gasteiger partial charge in [-0.05, 0) is 63.3 Å². The molecule has 0 fully saturated rings. The summed E-state index contributed by atoms with van der Waals surface area (Å²) in [5.74, 6) is 3.16. The van der Waals surface area contributed by atoms with Crippen molar-refractivity contribution in [2.24, 2.45) is 0 Å². The number of benzene rings is 1. The minimum absolute atomic E-state index is 0.0131. The molecule has 0 saturated heterocycles. The van der Waals surface area contributed by atoms with Crippen LogP contribution in [-0.2, 0) is 0 Å². The Hall–Kier alpha value is -3.74. The molecule has 0 N–H and O–H groups in total. The Labute approximate surface area is 180 Å². The fourth-order valence-corrected chi connectivity index (χ4v) is 4.74. The van der Waals surface area contributed by atoms with Crippen LogP contribution < -0.4 is 20.3 Å². The zero-order chi connectivity index (χ0) is 21.1. The van der Waals surface area contributed by atoms with Crippen molar-refractivity contribution < 1.29 is 4.42 Å². The van der Waals surface area contributed by atoms with Crippen LogP contribution in [-0.4, -0.2) is 35.0 Å². The molecule has 7 heteroatoms. The molecule has 0 amide bonds. The van der Waals surface area contributed by atoms with E-state index in [9.17, 15) is 0 Å². The fraction of sp³-hybridized carbons (Fsp3) is 0.167. The molecule has 2 aliphatic heterocycles. The molecule has 0 radical (unpaired) electrons. The van der Waals surface area contributed by atoms with Gasteiger partial charge in [0.05, 0.1) is 11.9 Å². The Morgan fingerprint density at radius 1 is 1.03 bits per heavy atom. The summed E-state index contributed by atoms with van der Waals surface area (Å²) in [7, 11) is 2.11. The third-order valence-electron chi connectivity index (χ3n) is 6.18. The highest BCUT2D eigenvalue weighted by Gasteiger charge is 2.42. The number of rotatable bonds is 2. The van der Waals surface area contributed by atoms with Crippen LogP contribution in [0.5, 0.6) is 0 Å². The number of furan rings is 1. The van der Waals surface area contributed by atoms with Crippen molar-refractivity contribution in [3.05, 3.63) is 77.1 Å². The smallest absolute Gasteiger partial charge is 0.408 e. The van der Waals surface area contributed by atoms with Crippen LogP contribution in [0, 0.1) is 6.92 Å². The van der Waals surface area contributed by atoms with E-state index in [0.29, 0.717) is 5.71 Å². The van der Waals surface area contributed by atoms with Crippen LogP contribution in [0.1, 0.15) is 12.6 Å². The number of hydrogen-bond donors (Lipinski definition) is 0. The maximum Gasteiger partial charge on any atom is 0.408 e. The van der Waals surface area contributed by atoms with Crippen molar-refractivity contribution in [3.63, 3.8) is 0 Å². The Balaban J connectivity index is 1.50. The minimum Gasteiger partial charge on any atom is -0.439 e. The monoisotopic (exact) mass is 407 g/mol. The van der Waals surface area contributed by atoms with Crippen LogP contribution in [0.25, 0.3) is 23.3 Å². The van der Waals surface area contributed by atoms with Gasteiger partial charge in [0.2, 0.25) is 5.71 Å². The van der Waals surface area contributed by atoms with Crippen LogP contribution in [0.2, 0.25) is 0 Å². The van der Waals surface area contributed by atoms with Crippen molar-refractivity contribution in [2.75, 3.05) is 16.8 Å². The summed E-state index contributed by atoms with van der Waals surface area (Å²) in [5.41, 5.74) is 4.74. The summed E-state index contributed by atoms with van der Waals surface area (Å²) < 4.78 is 6.16. The maximum absolute atomic E-state index is 6.16. The highest BCUT2D eigenvalue weighted by molar-refractivity contribution is 6.75. The Kier molecular flexibility index (Phi) is 3.87. The summed E-state index contributed by atoms with van der Waals surface area (Å²) >= 11 is 0. The van der Waals surface area contributed by atoms with E-state index in [0.717, 1.165) is 38.9 Å². The van der Waals surface area contributed by atoms with E-state index in [4.69, 9.17) is 9.40 Å². The van der Waals surface area contributed by atoms with Gasteiger partial charge in [-0.25, -0.2) is 9.97 Å². The first-order valence-electron chi connectivity index (χ1n) is 10.5. The number of aryl methyl sites for hydroxylation is 1. The Bertz CT molecular complexity index is 1420. The number of fused-ring (bicyclic) bond motifs is 4. The van der Waals surface area contributed by atoms with Gasteiger partial charge in [-0.1, -0.05) is 18.2 Å². The molecule has 3 aromatic heterocycles. The first-order valence-corrected chi connectivity index (χ1v) is 10.5. The van der Waals surface area contributed by atoms with E-state index in [1.54, 1.807) is 0 Å². The molecule has 1 atom stereocenters. The topological polar surface area (TPSA) is 48.6 Å². The van der Waals surface area contributed by atoms with Crippen molar-refractivity contribution >= 4 is 47.5 Å². The molecular formula is C24H22BN5O. The summed E-state index contributed by atoms with van der Waals surface area (Å²) in [6, 6.07) is 18.7. The van der Waals surface area contributed by atoms with Crippen molar-refractivity contribution in [3.8, 4) is 0 Å². The van der Waals surface area contributed by atoms with Gasteiger partial charge in [-0.2, -0.15) is 0 Å². The van der Waals surface area contributed by atoms with Gasteiger partial charge in [-0.3, -0.25) is 0 Å². The van der Waals surface area contributed by atoms with Crippen molar-refractivity contribution in [1.82, 2.24) is 14.8 Å². The van der Waals surface area contributed by atoms with Crippen molar-refractivity contribution in [2.45, 2.75) is 20.0 Å². The second-order valence-electron chi connectivity index (χ2n) is 8.15. The van der Waals surface area contributed by atoms with E-state index in [-0.39, 0.29) is 13.1 Å². The van der Waals surface area contributed by atoms with Gasteiger partial charge in [0, 0.05) is 34.4 Å². The lowest BCUT2D eigenvalue weighted by atomic mass is 9.69. The minimum atomic E-state index is -0.0131. The quantitative estimate of drug-likeness (QED) is 0.476. The van der Waals surface area contributed by atoms with Crippen LogP contribution in [0.15, 0.2) is 65.2 Å². The predicted octanol–water partition coefficient (Wildman–Crippen LogP) is 3.03. The van der Waals surface area contributed by atoms with E-state index in [2.05, 4.69) is 82.1 Å². The van der Waals surface area contributed by atoms with Crippen LogP contribution in [0.3, 0.4) is 0 Å². The van der Waals surface area contributed by atoms with E-state index >= 15 is 0 Å². The molecule has 5 heterocycles. The number of nitrogens with zero attached hydrogens (tertiary/aromatic N) is 5. The second-order valence-corrected chi connectivity index (χ2v) is 8.15. The molecule has 0 bridgehead atoms. The van der Waals surface area contributed by atoms with Gasteiger partial charge in [-0.15, -0.1) is 0 Å². The lowest BCUT2D eigenvalue weighted by Crippen LogP contribution is -2.56. The van der Waals surface area contributed by atoms with Gasteiger partial charge in [0.1, 0.15) is 5.42 Å². The summed E-state index contributed by atoms with van der Waals surface area (Å²) in [5, 5.41) is 2.13. The number of anilines is 3. The first-order chi connectivity index (χ1) is 15.1. The Morgan fingerprint density at radius 2 is 1.87 bits per heavy atom. The maximum atomic E-state index is 6.16. The molecule has 1 aromatic carbocycles. The molecule has 0 saturated carbocycles.